The van der Waals surface area contributed by atoms with E-state index in [-0.39, 0.29) is 18.4 Å². The smallest absolute Gasteiger partial charge is 0.242 e. The van der Waals surface area contributed by atoms with E-state index < -0.39 is 0 Å². The van der Waals surface area contributed by atoms with Crippen molar-refractivity contribution in [3.63, 3.8) is 0 Å². The minimum absolute atomic E-state index is 0.0570. The summed E-state index contributed by atoms with van der Waals surface area (Å²) in [5, 5.41) is 2.67. The minimum atomic E-state index is -0.0790. The third-order valence-corrected chi connectivity index (χ3v) is 3.98. The monoisotopic (exact) mass is 320 g/mol. The fourth-order valence-corrected chi connectivity index (χ4v) is 2.70. The molecule has 0 atom stereocenters. The molecule has 0 saturated heterocycles. The van der Waals surface area contributed by atoms with Gasteiger partial charge >= 0.3 is 0 Å². The van der Waals surface area contributed by atoms with Crippen molar-refractivity contribution in [1.29, 1.82) is 0 Å². The summed E-state index contributed by atoms with van der Waals surface area (Å²) in [7, 11) is 3.21. The van der Waals surface area contributed by atoms with Crippen molar-refractivity contribution in [1.82, 2.24) is 10.2 Å². The second-order valence-electron chi connectivity index (χ2n) is 5.57. The first kappa shape index (κ1) is 17.1. The molecule has 23 heavy (non-hydrogen) atoms. The van der Waals surface area contributed by atoms with Gasteiger partial charge in [-0.3, -0.25) is 9.59 Å². The summed E-state index contributed by atoms with van der Waals surface area (Å²) in [6.07, 6.45) is 2.00. The van der Waals surface area contributed by atoms with Gasteiger partial charge in [-0.2, -0.15) is 0 Å². The quantitative estimate of drug-likeness (QED) is 0.862. The van der Waals surface area contributed by atoms with Crippen LogP contribution in [0.25, 0.3) is 0 Å². The molecule has 0 bridgehead atoms. The lowest BCUT2D eigenvalue weighted by atomic mass is 9.98. The van der Waals surface area contributed by atoms with Crippen molar-refractivity contribution in [3.05, 3.63) is 23.3 Å². The molecule has 1 aliphatic rings. The Kier molecular flexibility index (Phi) is 5.84. The van der Waals surface area contributed by atoms with E-state index in [2.05, 4.69) is 5.32 Å². The first-order chi connectivity index (χ1) is 11.1. The minimum Gasteiger partial charge on any atom is -0.493 e. The Hall–Kier alpha value is -2.24. The van der Waals surface area contributed by atoms with E-state index in [4.69, 9.17) is 9.47 Å². The normalized spacial score (nSPS) is 13.3. The predicted octanol–water partition coefficient (Wildman–Crippen LogP) is 1.50. The second kappa shape index (κ2) is 7.85. The van der Waals surface area contributed by atoms with E-state index in [1.807, 2.05) is 19.1 Å². The number of nitrogens with zero attached hydrogens (tertiary/aromatic N) is 1. The van der Waals surface area contributed by atoms with Gasteiger partial charge in [-0.05, 0) is 36.1 Å². The Bertz CT molecular complexity index is 586. The molecule has 0 unspecified atom stereocenters. The highest BCUT2D eigenvalue weighted by Gasteiger charge is 2.22. The van der Waals surface area contributed by atoms with Crippen LogP contribution in [-0.2, 0) is 22.6 Å². The Balaban J connectivity index is 2.02. The lowest BCUT2D eigenvalue weighted by Gasteiger charge is -2.29. The molecule has 2 amide bonds. The lowest BCUT2D eigenvalue weighted by Crippen LogP contribution is -2.42. The number of amides is 2. The van der Waals surface area contributed by atoms with Crippen molar-refractivity contribution in [2.75, 3.05) is 27.3 Å². The second-order valence-corrected chi connectivity index (χ2v) is 5.57. The molecule has 1 heterocycles. The zero-order valence-electron chi connectivity index (χ0n) is 14.0. The van der Waals surface area contributed by atoms with Gasteiger partial charge in [0, 0.05) is 19.5 Å². The van der Waals surface area contributed by atoms with Crippen LogP contribution in [-0.4, -0.2) is 44.0 Å². The highest BCUT2D eigenvalue weighted by atomic mass is 16.5. The number of hydrogen-bond donors (Lipinski definition) is 1. The van der Waals surface area contributed by atoms with Gasteiger partial charge in [0.15, 0.2) is 11.5 Å². The number of carbonyl (C=O) groups excluding carboxylic acids is 2. The molecule has 6 heteroatoms. The Morgan fingerprint density at radius 3 is 2.43 bits per heavy atom. The molecule has 1 N–H and O–H groups in total. The zero-order valence-corrected chi connectivity index (χ0v) is 14.0. The molecule has 0 radical (unpaired) electrons. The van der Waals surface area contributed by atoms with Crippen molar-refractivity contribution in [3.8, 4) is 11.5 Å². The van der Waals surface area contributed by atoms with Crippen LogP contribution in [0.1, 0.15) is 30.9 Å². The molecule has 126 valence electrons. The van der Waals surface area contributed by atoms with Crippen molar-refractivity contribution in [2.24, 2.45) is 0 Å². The van der Waals surface area contributed by atoms with Gasteiger partial charge in [0.05, 0.1) is 20.8 Å². The highest BCUT2D eigenvalue weighted by molar-refractivity contribution is 5.84. The molecule has 0 spiro atoms. The fourth-order valence-electron chi connectivity index (χ4n) is 2.70. The number of nitrogens with one attached hydrogen (secondary N) is 1. The number of fused-ring (bicyclic) bond motifs is 1. The van der Waals surface area contributed by atoms with Crippen LogP contribution in [0.4, 0.5) is 0 Å². The lowest BCUT2D eigenvalue weighted by molar-refractivity contribution is -0.133. The molecular weight excluding hydrogens is 296 g/mol. The van der Waals surface area contributed by atoms with E-state index in [1.165, 1.54) is 5.56 Å². The number of rotatable bonds is 6. The first-order valence-electron chi connectivity index (χ1n) is 7.87. The van der Waals surface area contributed by atoms with Gasteiger partial charge in [-0.15, -0.1) is 0 Å². The Morgan fingerprint density at radius 2 is 1.83 bits per heavy atom. The number of methoxy groups -OCH3 is 2. The summed E-state index contributed by atoms with van der Waals surface area (Å²) in [6.45, 7) is 3.16. The maximum atomic E-state index is 12.2. The highest BCUT2D eigenvalue weighted by Crippen LogP contribution is 2.33. The van der Waals surface area contributed by atoms with Crippen LogP contribution >= 0.6 is 0 Å². The molecule has 0 saturated carbocycles. The average Bonchev–Trinajstić information content (AvgIpc) is 2.58. The zero-order chi connectivity index (χ0) is 16.8. The molecule has 1 aromatic carbocycles. The van der Waals surface area contributed by atoms with Gasteiger partial charge in [-0.25, -0.2) is 0 Å². The first-order valence-corrected chi connectivity index (χ1v) is 7.87. The van der Waals surface area contributed by atoms with Gasteiger partial charge in [-0.1, -0.05) is 6.92 Å². The largest absolute Gasteiger partial charge is 0.493 e. The van der Waals surface area contributed by atoms with Gasteiger partial charge in [0.1, 0.15) is 0 Å². The Labute approximate surface area is 136 Å². The van der Waals surface area contributed by atoms with Crippen LogP contribution in [0.2, 0.25) is 0 Å². The average molecular weight is 320 g/mol. The molecule has 0 fully saturated rings. The maximum absolute atomic E-state index is 12.2. The van der Waals surface area contributed by atoms with Gasteiger partial charge in [0.2, 0.25) is 11.8 Å². The molecular formula is C17H24N2O4. The topological polar surface area (TPSA) is 67.9 Å². The van der Waals surface area contributed by atoms with E-state index in [0.29, 0.717) is 31.0 Å². The van der Waals surface area contributed by atoms with E-state index in [0.717, 1.165) is 18.4 Å². The standard InChI is InChI=1S/C17H24N2O4/c1-4-5-16(20)18-10-17(21)19-7-6-12-8-14(22-2)15(23-3)9-13(12)11-19/h8-9H,4-7,10-11H2,1-3H3,(H,18,20). The molecule has 6 nitrogen and oxygen atoms in total. The summed E-state index contributed by atoms with van der Waals surface area (Å²) in [5.41, 5.74) is 2.23. The maximum Gasteiger partial charge on any atom is 0.242 e. The van der Waals surface area contributed by atoms with Crippen LogP contribution in [0, 0.1) is 0 Å². The summed E-state index contributed by atoms with van der Waals surface area (Å²) in [4.78, 5) is 25.5. The third-order valence-electron chi connectivity index (χ3n) is 3.98. The van der Waals surface area contributed by atoms with E-state index in [1.54, 1.807) is 19.1 Å². The van der Waals surface area contributed by atoms with Crippen molar-refractivity contribution in [2.45, 2.75) is 32.7 Å². The van der Waals surface area contributed by atoms with E-state index in [9.17, 15) is 9.59 Å². The van der Waals surface area contributed by atoms with Crippen molar-refractivity contribution < 1.29 is 19.1 Å². The third kappa shape index (κ3) is 4.15. The van der Waals surface area contributed by atoms with Gasteiger partial charge in [0.25, 0.3) is 0 Å². The molecule has 1 aliphatic heterocycles. The van der Waals surface area contributed by atoms with Gasteiger partial charge < -0.3 is 19.7 Å². The number of hydrogen-bond acceptors (Lipinski definition) is 4. The summed E-state index contributed by atoms with van der Waals surface area (Å²) in [5.74, 6) is 1.23. The molecule has 0 aliphatic carbocycles. The SMILES string of the molecule is CCCC(=O)NCC(=O)N1CCc2cc(OC)c(OC)cc2C1. The Morgan fingerprint density at radius 1 is 1.17 bits per heavy atom. The summed E-state index contributed by atoms with van der Waals surface area (Å²) >= 11 is 0. The summed E-state index contributed by atoms with van der Waals surface area (Å²) < 4.78 is 10.6. The van der Waals surface area contributed by atoms with Crippen molar-refractivity contribution >= 4 is 11.8 Å². The fraction of sp³-hybridized carbons (Fsp3) is 0.529. The molecule has 0 aromatic heterocycles. The van der Waals surface area contributed by atoms with Crippen LogP contribution in [0.5, 0.6) is 11.5 Å². The molecule has 1 aromatic rings. The number of ether oxygens (including phenoxy) is 2. The number of carbonyl (C=O) groups is 2. The van der Waals surface area contributed by atoms with E-state index >= 15 is 0 Å². The molecule has 2 rings (SSSR count). The predicted molar refractivity (Wildman–Crippen MR) is 86.6 cm³/mol. The summed E-state index contributed by atoms with van der Waals surface area (Å²) in [6, 6.07) is 3.89. The van der Waals surface area contributed by atoms with Crippen LogP contribution in [0.15, 0.2) is 12.1 Å². The van der Waals surface area contributed by atoms with Crippen LogP contribution < -0.4 is 14.8 Å². The number of benzene rings is 1. The van der Waals surface area contributed by atoms with Crippen LogP contribution in [0.3, 0.4) is 0 Å².